The molecule has 29 heavy (non-hydrogen) atoms. The molecule has 0 saturated heterocycles. The summed E-state index contributed by atoms with van der Waals surface area (Å²) >= 11 is 0. The molecule has 156 valence electrons. The molecule has 0 unspecified atom stereocenters. The minimum absolute atomic E-state index is 0.115. The van der Waals surface area contributed by atoms with E-state index >= 15 is 0 Å². The van der Waals surface area contributed by atoms with Crippen LogP contribution >= 0.6 is 0 Å². The lowest BCUT2D eigenvalue weighted by Crippen LogP contribution is -2.28. The molecule has 0 spiro atoms. The minimum atomic E-state index is -3.59. The van der Waals surface area contributed by atoms with Gasteiger partial charge in [0.05, 0.1) is 4.90 Å². The van der Waals surface area contributed by atoms with Crippen molar-refractivity contribution in [1.82, 2.24) is 9.29 Å². The van der Waals surface area contributed by atoms with Gasteiger partial charge in [0.1, 0.15) is 5.56 Å². The number of esters is 1. The third kappa shape index (κ3) is 6.00. The van der Waals surface area contributed by atoms with Crippen molar-refractivity contribution < 1.29 is 22.7 Å². The zero-order chi connectivity index (χ0) is 21.4. The Hall–Kier alpha value is -2.98. The average molecular weight is 421 g/mol. The number of nitrogens with zero attached hydrogens (tertiary/aromatic N) is 1. The number of H-pyrrole nitrogens is 1. The van der Waals surface area contributed by atoms with Gasteiger partial charge in [0.15, 0.2) is 6.61 Å². The van der Waals surface area contributed by atoms with E-state index in [1.54, 1.807) is 0 Å². The quantitative estimate of drug-likeness (QED) is 0.592. The van der Waals surface area contributed by atoms with Crippen LogP contribution in [0.15, 0.2) is 52.3 Å². The number of nitrogens with one attached hydrogen (secondary N) is 2. The summed E-state index contributed by atoms with van der Waals surface area (Å²) < 4.78 is 31.0. The molecule has 0 radical (unpaired) electrons. The molecular weight excluding hydrogens is 398 g/mol. The van der Waals surface area contributed by atoms with Crippen molar-refractivity contribution in [3.8, 4) is 0 Å². The molecule has 1 aromatic heterocycles. The lowest BCUT2D eigenvalue weighted by molar-refractivity contribution is -0.119. The number of benzene rings is 1. The Bertz CT molecular complexity index is 1010. The lowest BCUT2D eigenvalue weighted by Gasteiger charge is -2.17. The van der Waals surface area contributed by atoms with Crippen LogP contribution in [-0.2, 0) is 19.6 Å². The molecule has 1 heterocycles. The second kappa shape index (κ2) is 9.99. The number of rotatable bonds is 9. The topological polar surface area (TPSA) is 126 Å². The summed E-state index contributed by atoms with van der Waals surface area (Å²) in [6.45, 7) is 1.81. The van der Waals surface area contributed by atoms with E-state index in [1.807, 2.05) is 6.92 Å². The molecule has 2 aromatic rings. The van der Waals surface area contributed by atoms with Crippen LogP contribution in [0.3, 0.4) is 0 Å². The van der Waals surface area contributed by atoms with Crippen molar-refractivity contribution in [1.29, 1.82) is 0 Å². The summed E-state index contributed by atoms with van der Waals surface area (Å²) in [7, 11) is -2.07. The highest BCUT2D eigenvalue weighted by Gasteiger charge is 2.20. The van der Waals surface area contributed by atoms with Gasteiger partial charge >= 0.3 is 5.97 Å². The number of pyridine rings is 1. The normalized spacial score (nSPS) is 11.3. The first-order valence-electron chi connectivity index (χ1n) is 8.96. The first-order valence-corrected chi connectivity index (χ1v) is 10.4. The SMILES string of the molecule is CCCCN(C)S(=O)(=O)c1ccc(NC(=O)COC(=O)c2ccc[nH]c2=O)cc1. The lowest BCUT2D eigenvalue weighted by atomic mass is 10.3. The summed E-state index contributed by atoms with van der Waals surface area (Å²) in [5.74, 6) is -1.54. The van der Waals surface area contributed by atoms with Crippen molar-refractivity contribution in [3.63, 3.8) is 0 Å². The predicted octanol–water partition coefficient (Wildman–Crippen LogP) is 1.59. The number of hydrogen-bond donors (Lipinski definition) is 2. The summed E-state index contributed by atoms with van der Waals surface area (Å²) in [6, 6.07) is 8.43. The van der Waals surface area contributed by atoms with E-state index in [0.29, 0.717) is 12.2 Å². The fourth-order valence-electron chi connectivity index (χ4n) is 2.38. The van der Waals surface area contributed by atoms with Crippen LogP contribution in [0.2, 0.25) is 0 Å². The van der Waals surface area contributed by atoms with Gasteiger partial charge in [0.25, 0.3) is 11.5 Å². The molecule has 0 saturated carbocycles. The standard InChI is InChI=1S/C19H23N3O6S/c1-3-4-12-22(2)29(26,27)15-9-7-14(8-10-15)21-17(23)13-28-19(25)16-6-5-11-20-18(16)24/h5-11H,3-4,12-13H2,1-2H3,(H,20,24)(H,21,23). The fraction of sp³-hybridized carbons (Fsp3) is 0.316. The fourth-order valence-corrected chi connectivity index (χ4v) is 3.59. The van der Waals surface area contributed by atoms with Crippen LogP contribution < -0.4 is 10.9 Å². The summed E-state index contributed by atoms with van der Waals surface area (Å²) in [4.78, 5) is 37.7. The zero-order valence-corrected chi connectivity index (χ0v) is 17.0. The minimum Gasteiger partial charge on any atom is -0.452 e. The first kappa shape index (κ1) is 22.3. The highest BCUT2D eigenvalue weighted by Crippen LogP contribution is 2.18. The summed E-state index contributed by atoms with van der Waals surface area (Å²) in [6.07, 6.45) is 3.02. The maximum absolute atomic E-state index is 12.5. The van der Waals surface area contributed by atoms with Crippen molar-refractivity contribution in [2.75, 3.05) is 25.5 Å². The Balaban J connectivity index is 1.94. The molecule has 1 aromatic carbocycles. The summed E-state index contributed by atoms with van der Waals surface area (Å²) in [5.41, 5.74) is -0.473. The second-order valence-electron chi connectivity index (χ2n) is 6.24. The van der Waals surface area contributed by atoms with Crippen LogP contribution in [0, 0.1) is 0 Å². The van der Waals surface area contributed by atoms with Gasteiger partial charge in [-0.25, -0.2) is 17.5 Å². The number of ether oxygens (including phenoxy) is 1. The molecule has 2 rings (SSSR count). The van der Waals surface area contributed by atoms with E-state index in [1.165, 1.54) is 53.9 Å². The zero-order valence-electron chi connectivity index (χ0n) is 16.2. The molecule has 0 aliphatic carbocycles. The van der Waals surface area contributed by atoms with Crippen molar-refractivity contribution in [2.24, 2.45) is 0 Å². The largest absolute Gasteiger partial charge is 0.452 e. The first-order chi connectivity index (χ1) is 13.8. The van der Waals surface area contributed by atoms with Gasteiger partial charge in [-0.3, -0.25) is 9.59 Å². The van der Waals surface area contributed by atoms with Crippen LogP contribution in [0.25, 0.3) is 0 Å². The van der Waals surface area contributed by atoms with E-state index in [0.717, 1.165) is 12.8 Å². The van der Waals surface area contributed by atoms with Crippen molar-refractivity contribution >= 4 is 27.6 Å². The Morgan fingerprint density at radius 2 is 1.86 bits per heavy atom. The maximum Gasteiger partial charge on any atom is 0.344 e. The van der Waals surface area contributed by atoms with Gasteiger partial charge < -0.3 is 15.0 Å². The van der Waals surface area contributed by atoms with Gasteiger partial charge in [0, 0.05) is 25.5 Å². The van der Waals surface area contributed by atoms with Gasteiger partial charge in [-0.15, -0.1) is 0 Å². The molecule has 0 fully saturated rings. The van der Waals surface area contributed by atoms with Crippen molar-refractivity contribution in [3.05, 3.63) is 58.5 Å². The number of hydrogen-bond acceptors (Lipinski definition) is 6. The predicted molar refractivity (Wildman–Crippen MR) is 107 cm³/mol. The molecule has 10 heteroatoms. The molecule has 0 bridgehead atoms. The molecule has 2 N–H and O–H groups in total. The molecule has 0 atom stereocenters. The van der Waals surface area contributed by atoms with Crippen LogP contribution in [-0.4, -0.2) is 49.8 Å². The Labute approximate surface area is 168 Å². The van der Waals surface area contributed by atoms with E-state index < -0.39 is 34.1 Å². The molecule has 0 aliphatic rings. The van der Waals surface area contributed by atoms with Crippen molar-refractivity contribution in [2.45, 2.75) is 24.7 Å². The number of carbonyl (C=O) groups is 2. The molecule has 9 nitrogen and oxygen atoms in total. The Kier molecular flexibility index (Phi) is 7.68. The maximum atomic E-state index is 12.5. The van der Waals surface area contributed by atoms with Gasteiger partial charge in [-0.2, -0.15) is 0 Å². The molecule has 1 amide bonds. The van der Waals surface area contributed by atoms with Gasteiger partial charge in [-0.1, -0.05) is 13.3 Å². The van der Waals surface area contributed by atoms with Crippen LogP contribution in [0.1, 0.15) is 30.1 Å². The van der Waals surface area contributed by atoms with E-state index in [4.69, 9.17) is 4.74 Å². The third-order valence-electron chi connectivity index (χ3n) is 4.05. The highest BCUT2D eigenvalue weighted by atomic mass is 32.2. The smallest absolute Gasteiger partial charge is 0.344 e. The molecular formula is C19H23N3O6S. The number of sulfonamides is 1. The van der Waals surface area contributed by atoms with Gasteiger partial charge in [0.2, 0.25) is 10.0 Å². The average Bonchev–Trinajstić information content (AvgIpc) is 2.71. The number of aromatic amines is 1. The highest BCUT2D eigenvalue weighted by molar-refractivity contribution is 7.89. The number of aromatic nitrogens is 1. The Morgan fingerprint density at radius 1 is 1.17 bits per heavy atom. The summed E-state index contributed by atoms with van der Waals surface area (Å²) in [5, 5.41) is 2.50. The number of anilines is 1. The van der Waals surface area contributed by atoms with E-state index in [9.17, 15) is 22.8 Å². The monoisotopic (exact) mass is 421 g/mol. The third-order valence-corrected chi connectivity index (χ3v) is 5.92. The van der Waals surface area contributed by atoms with E-state index in [-0.39, 0.29) is 10.5 Å². The van der Waals surface area contributed by atoms with Crippen LogP contribution in [0.4, 0.5) is 5.69 Å². The van der Waals surface area contributed by atoms with Gasteiger partial charge in [-0.05, 0) is 42.8 Å². The van der Waals surface area contributed by atoms with Crippen LogP contribution in [0.5, 0.6) is 0 Å². The Morgan fingerprint density at radius 3 is 2.48 bits per heavy atom. The number of amides is 1. The number of carbonyl (C=O) groups excluding carboxylic acids is 2. The van der Waals surface area contributed by atoms with E-state index in [2.05, 4.69) is 10.3 Å². The molecule has 0 aliphatic heterocycles. The second-order valence-corrected chi connectivity index (χ2v) is 8.29. The number of unbranched alkanes of at least 4 members (excludes halogenated alkanes) is 1.